The molecule has 1 rings (SSSR count). The molecule has 2 nitrogen and oxygen atoms in total. The topological polar surface area (TPSA) is 52.0 Å². The standard InChI is InChI=1S/C9H8F6N2/c10-8(11,12)5-3-4(1-2-6(5)16)7(17)9(13,14)15/h1-3,7H,16-17H2/t7-/m0/s1. The Bertz CT molecular complexity index is 409. The van der Waals surface area contributed by atoms with E-state index in [1.807, 2.05) is 0 Å². The van der Waals surface area contributed by atoms with E-state index in [9.17, 15) is 26.3 Å². The monoisotopic (exact) mass is 258 g/mol. The van der Waals surface area contributed by atoms with Gasteiger partial charge in [-0.05, 0) is 17.7 Å². The van der Waals surface area contributed by atoms with Gasteiger partial charge in [-0.25, -0.2) is 0 Å². The molecule has 0 saturated heterocycles. The summed E-state index contributed by atoms with van der Waals surface area (Å²) in [6.45, 7) is 0. The maximum absolute atomic E-state index is 12.4. The van der Waals surface area contributed by atoms with Gasteiger partial charge in [-0.1, -0.05) is 6.07 Å². The molecule has 0 aromatic heterocycles. The molecule has 0 aliphatic heterocycles. The van der Waals surface area contributed by atoms with Crippen LogP contribution in [0.5, 0.6) is 0 Å². The summed E-state index contributed by atoms with van der Waals surface area (Å²) < 4.78 is 73.8. The third-order valence-electron chi connectivity index (χ3n) is 2.09. The fraction of sp³-hybridized carbons (Fsp3) is 0.333. The highest BCUT2D eigenvalue weighted by Gasteiger charge is 2.40. The molecule has 0 radical (unpaired) electrons. The van der Waals surface area contributed by atoms with E-state index >= 15 is 0 Å². The Balaban J connectivity index is 3.23. The summed E-state index contributed by atoms with van der Waals surface area (Å²) in [5.74, 6) is 0. The fourth-order valence-corrected chi connectivity index (χ4v) is 1.20. The number of hydrogen-bond acceptors (Lipinski definition) is 2. The molecule has 0 aliphatic rings. The van der Waals surface area contributed by atoms with Crippen molar-refractivity contribution in [2.45, 2.75) is 18.4 Å². The average Bonchev–Trinajstić information content (AvgIpc) is 2.14. The van der Waals surface area contributed by atoms with Crippen LogP contribution in [-0.4, -0.2) is 6.18 Å². The van der Waals surface area contributed by atoms with Crippen molar-refractivity contribution in [2.75, 3.05) is 5.73 Å². The van der Waals surface area contributed by atoms with Gasteiger partial charge in [0, 0.05) is 5.69 Å². The number of hydrogen-bond donors (Lipinski definition) is 2. The van der Waals surface area contributed by atoms with E-state index in [0.717, 1.165) is 12.1 Å². The number of anilines is 1. The molecular weight excluding hydrogens is 250 g/mol. The molecule has 4 N–H and O–H groups in total. The summed E-state index contributed by atoms with van der Waals surface area (Å²) in [4.78, 5) is 0. The Hall–Kier alpha value is -1.44. The minimum atomic E-state index is -4.81. The van der Waals surface area contributed by atoms with Crippen LogP contribution in [0.1, 0.15) is 17.2 Å². The van der Waals surface area contributed by atoms with Crippen molar-refractivity contribution in [1.29, 1.82) is 0 Å². The van der Waals surface area contributed by atoms with E-state index in [1.165, 1.54) is 0 Å². The molecular formula is C9H8F6N2. The van der Waals surface area contributed by atoms with Crippen LogP contribution in [0.2, 0.25) is 0 Å². The highest BCUT2D eigenvalue weighted by molar-refractivity contribution is 5.50. The molecule has 0 saturated carbocycles. The first kappa shape index (κ1) is 13.6. The second kappa shape index (κ2) is 4.10. The van der Waals surface area contributed by atoms with E-state index in [1.54, 1.807) is 0 Å². The highest BCUT2D eigenvalue weighted by Crippen LogP contribution is 2.37. The number of nitrogens with two attached hydrogens (primary N) is 2. The Kier molecular flexibility index (Phi) is 3.28. The van der Waals surface area contributed by atoms with Gasteiger partial charge >= 0.3 is 12.4 Å². The summed E-state index contributed by atoms with van der Waals surface area (Å²) in [5, 5.41) is 0. The van der Waals surface area contributed by atoms with Gasteiger partial charge in [0.1, 0.15) is 6.04 Å². The van der Waals surface area contributed by atoms with E-state index in [2.05, 4.69) is 0 Å². The molecule has 0 spiro atoms. The van der Waals surface area contributed by atoms with E-state index in [0.29, 0.717) is 6.07 Å². The lowest BCUT2D eigenvalue weighted by Gasteiger charge is -2.18. The maximum atomic E-state index is 12.4. The Morgan fingerprint density at radius 1 is 1.00 bits per heavy atom. The van der Waals surface area contributed by atoms with Crippen LogP contribution in [0.4, 0.5) is 32.0 Å². The van der Waals surface area contributed by atoms with E-state index in [-0.39, 0.29) is 0 Å². The van der Waals surface area contributed by atoms with Crippen LogP contribution in [0.25, 0.3) is 0 Å². The summed E-state index contributed by atoms with van der Waals surface area (Å²) >= 11 is 0. The largest absolute Gasteiger partial charge is 0.418 e. The van der Waals surface area contributed by atoms with Gasteiger partial charge in [0.15, 0.2) is 0 Å². The molecule has 1 atom stereocenters. The number of rotatable bonds is 1. The number of alkyl halides is 6. The molecule has 0 heterocycles. The first-order valence-corrected chi connectivity index (χ1v) is 4.32. The minimum absolute atomic E-state index is 0.313. The summed E-state index contributed by atoms with van der Waals surface area (Å²) in [7, 11) is 0. The summed E-state index contributed by atoms with van der Waals surface area (Å²) in [6, 6.07) is -0.579. The zero-order valence-electron chi connectivity index (χ0n) is 8.23. The molecule has 0 amide bonds. The third-order valence-corrected chi connectivity index (χ3v) is 2.09. The molecule has 8 heteroatoms. The quantitative estimate of drug-likeness (QED) is 0.601. The molecule has 0 bridgehead atoms. The van der Waals surface area contributed by atoms with Gasteiger partial charge in [0.05, 0.1) is 5.56 Å². The van der Waals surface area contributed by atoms with Crippen LogP contribution >= 0.6 is 0 Å². The lowest BCUT2D eigenvalue weighted by molar-refractivity contribution is -0.150. The van der Waals surface area contributed by atoms with Crippen molar-refractivity contribution in [3.8, 4) is 0 Å². The van der Waals surface area contributed by atoms with Crippen LogP contribution in [-0.2, 0) is 6.18 Å². The number of halogens is 6. The summed E-state index contributed by atoms with van der Waals surface area (Å²) in [6.07, 6.45) is -9.62. The van der Waals surface area contributed by atoms with Gasteiger partial charge in [-0.15, -0.1) is 0 Å². The second-order valence-corrected chi connectivity index (χ2v) is 3.36. The number of nitrogen functional groups attached to an aromatic ring is 1. The van der Waals surface area contributed by atoms with Gasteiger partial charge < -0.3 is 11.5 Å². The van der Waals surface area contributed by atoms with Crippen molar-refractivity contribution < 1.29 is 26.3 Å². The van der Waals surface area contributed by atoms with Gasteiger partial charge in [0.2, 0.25) is 0 Å². The molecule has 0 fully saturated rings. The van der Waals surface area contributed by atoms with Crippen molar-refractivity contribution in [3.05, 3.63) is 29.3 Å². The van der Waals surface area contributed by atoms with E-state index < -0.39 is 35.2 Å². The third kappa shape index (κ3) is 3.02. The van der Waals surface area contributed by atoms with E-state index in [4.69, 9.17) is 11.5 Å². The molecule has 0 aliphatic carbocycles. The van der Waals surface area contributed by atoms with Crippen LogP contribution in [0, 0.1) is 0 Å². The molecule has 0 unspecified atom stereocenters. The Labute approximate surface area is 92.2 Å². The van der Waals surface area contributed by atoms with Crippen LogP contribution in [0.3, 0.4) is 0 Å². The molecule has 1 aromatic carbocycles. The SMILES string of the molecule is Nc1ccc([C@H](N)C(F)(F)F)cc1C(F)(F)F. The fourth-order valence-electron chi connectivity index (χ4n) is 1.20. The number of benzene rings is 1. The zero-order chi connectivity index (χ0) is 13.4. The van der Waals surface area contributed by atoms with Crippen molar-refractivity contribution in [2.24, 2.45) is 5.73 Å². The Morgan fingerprint density at radius 2 is 1.53 bits per heavy atom. The molecule has 96 valence electrons. The first-order valence-electron chi connectivity index (χ1n) is 4.32. The van der Waals surface area contributed by atoms with Gasteiger partial charge in [0.25, 0.3) is 0 Å². The normalized spacial score (nSPS) is 14.8. The predicted octanol–water partition coefficient (Wildman–Crippen LogP) is 2.85. The van der Waals surface area contributed by atoms with Crippen LogP contribution < -0.4 is 11.5 Å². The van der Waals surface area contributed by atoms with Crippen molar-refractivity contribution in [3.63, 3.8) is 0 Å². The predicted molar refractivity (Wildman–Crippen MR) is 48.8 cm³/mol. The lowest BCUT2D eigenvalue weighted by Crippen LogP contribution is -2.28. The highest BCUT2D eigenvalue weighted by atomic mass is 19.4. The average molecular weight is 258 g/mol. The zero-order valence-corrected chi connectivity index (χ0v) is 8.23. The smallest absolute Gasteiger partial charge is 0.398 e. The van der Waals surface area contributed by atoms with Crippen LogP contribution in [0.15, 0.2) is 18.2 Å². The maximum Gasteiger partial charge on any atom is 0.418 e. The van der Waals surface area contributed by atoms with Crippen molar-refractivity contribution in [1.82, 2.24) is 0 Å². The molecule has 1 aromatic rings. The first-order chi connectivity index (χ1) is 7.53. The van der Waals surface area contributed by atoms with Gasteiger partial charge in [-0.3, -0.25) is 0 Å². The van der Waals surface area contributed by atoms with Gasteiger partial charge in [-0.2, -0.15) is 26.3 Å². The minimum Gasteiger partial charge on any atom is -0.398 e. The Morgan fingerprint density at radius 3 is 1.94 bits per heavy atom. The second-order valence-electron chi connectivity index (χ2n) is 3.36. The summed E-state index contributed by atoms with van der Waals surface area (Å²) in [5.41, 5.74) is 7.20. The lowest BCUT2D eigenvalue weighted by atomic mass is 10.0. The van der Waals surface area contributed by atoms with Crippen molar-refractivity contribution >= 4 is 5.69 Å². The molecule has 17 heavy (non-hydrogen) atoms.